The van der Waals surface area contributed by atoms with Crippen LogP contribution >= 0.6 is 11.3 Å². The molecule has 3 rings (SSSR count). The van der Waals surface area contributed by atoms with Crippen LogP contribution in [0.5, 0.6) is 0 Å². The lowest BCUT2D eigenvalue weighted by Crippen LogP contribution is -2.40. The van der Waals surface area contributed by atoms with Crippen LogP contribution in [0.3, 0.4) is 0 Å². The van der Waals surface area contributed by atoms with Crippen LogP contribution in [-0.4, -0.2) is 42.5 Å². The number of carbonyl (C=O) groups excluding carboxylic acids is 1. The molecule has 5 nitrogen and oxygen atoms in total. The SMILES string of the molecule is COCc1nc(C(=O)NCC2CCCN(Cc3ccccc3)C2)cs1. The van der Waals surface area contributed by atoms with Gasteiger partial charge in [0.15, 0.2) is 0 Å². The highest BCUT2D eigenvalue weighted by atomic mass is 32.1. The van der Waals surface area contributed by atoms with Crippen LogP contribution in [0.1, 0.15) is 33.9 Å². The van der Waals surface area contributed by atoms with E-state index in [2.05, 4.69) is 45.5 Å². The zero-order valence-electron chi connectivity index (χ0n) is 14.6. The van der Waals surface area contributed by atoms with Crippen molar-refractivity contribution in [1.82, 2.24) is 15.2 Å². The predicted octanol–water partition coefficient (Wildman–Crippen LogP) is 2.93. The van der Waals surface area contributed by atoms with E-state index < -0.39 is 0 Å². The molecule has 0 bridgehead atoms. The van der Waals surface area contributed by atoms with Crippen molar-refractivity contribution in [2.45, 2.75) is 26.0 Å². The van der Waals surface area contributed by atoms with Gasteiger partial charge in [0.25, 0.3) is 5.91 Å². The van der Waals surface area contributed by atoms with E-state index in [4.69, 9.17) is 4.74 Å². The zero-order valence-corrected chi connectivity index (χ0v) is 15.4. The largest absolute Gasteiger partial charge is 0.378 e. The predicted molar refractivity (Wildman–Crippen MR) is 99.6 cm³/mol. The van der Waals surface area contributed by atoms with Crippen LogP contribution in [0.25, 0.3) is 0 Å². The smallest absolute Gasteiger partial charge is 0.270 e. The molecule has 1 fully saturated rings. The van der Waals surface area contributed by atoms with Gasteiger partial charge in [-0.05, 0) is 30.9 Å². The average Bonchev–Trinajstić information content (AvgIpc) is 3.10. The Labute approximate surface area is 153 Å². The summed E-state index contributed by atoms with van der Waals surface area (Å²) in [5.74, 6) is 0.414. The summed E-state index contributed by atoms with van der Waals surface area (Å²) < 4.78 is 5.05. The van der Waals surface area contributed by atoms with Gasteiger partial charge in [-0.25, -0.2) is 4.98 Å². The molecular weight excluding hydrogens is 334 g/mol. The molecule has 1 amide bonds. The van der Waals surface area contributed by atoms with Gasteiger partial charge in [0, 0.05) is 32.1 Å². The fourth-order valence-electron chi connectivity index (χ4n) is 3.24. The lowest BCUT2D eigenvalue weighted by Gasteiger charge is -2.32. The van der Waals surface area contributed by atoms with Crippen molar-refractivity contribution in [2.75, 3.05) is 26.7 Å². The summed E-state index contributed by atoms with van der Waals surface area (Å²) in [5.41, 5.74) is 1.84. The van der Waals surface area contributed by atoms with E-state index >= 15 is 0 Å². The number of aromatic nitrogens is 1. The topological polar surface area (TPSA) is 54.5 Å². The summed E-state index contributed by atoms with van der Waals surface area (Å²) in [5, 5.41) is 5.68. The summed E-state index contributed by atoms with van der Waals surface area (Å²) in [7, 11) is 1.63. The third-order valence-corrected chi connectivity index (χ3v) is 5.28. The first-order chi connectivity index (χ1) is 12.2. The number of thiazole rings is 1. The number of amides is 1. The van der Waals surface area contributed by atoms with E-state index in [0.29, 0.717) is 24.8 Å². The summed E-state index contributed by atoms with van der Waals surface area (Å²) in [6.45, 7) is 4.31. The molecule has 6 heteroatoms. The van der Waals surface area contributed by atoms with Gasteiger partial charge in [-0.2, -0.15) is 0 Å². The fraction of sp³-hybridized carbons (Fsp3) is 0.474. The van der Waals surface area contributed by atoms with Crippen LogP contribution < -0.4 is 5.32 Å². The number of ether oxygens (including phenoxy) is 1. The van der Waals surface area contributed by atoms with Gasteiger partial charge in [-0.15, -0.1) is 11.3 Å². The minimum Gasteiger partial charge on any atom is -0.378 e. The van der Waals surface area contributed by atoms with E-state index in [1.807, 2.05) is 0 Å². The first-order valence-electron chi connectivity index (χ1n) is 8.72. The van der Waals surface area contributed by atoms with Gasteiger partial charge in [0.05, 0.1) is 6.61 Å². The third kappa shape index (κ3) is 5.36. The minimum atomic E-state index is -0.0845. The Morgan fingerprint density at radius 2 is 2.24 bits per heavy atom. The lowest BCUT2D eigenvalue weighted by atomic mass is 9.97. The van der Waals surface area contributed by atoms with Crippen LogP contribution in [0.2, 0.25) is 0 Å². The van der Waals surface area contributed by atoms with Crippen LogP contribution in [-0.2, 0) is 17.9 Å². The van der Waals surface area contributed by atoms with Gasteiger partial charge in [-0.3, -0.25) is 9.69 Å². The second-order valence-electron chi connectivity index (χ2n) is 6.50. The number of hydrogen-bond acceptors (Lipinski definition) is 5. The summed E-state index contributed by atoms with van der Waals surface area (Å²) in [6, 6.07) is 10.6. The quantitative estimate of drug-likeness (QED) is 0.826. The Kier molecular flexibility index (Phi) is 6.55. The van der Waals surface area contributed by atoms with Crippen molar-refractivity contribution in [3.05, 3.63) is 52.0 Å². The molecule has 0 spiro atoms. The molecule has 0 aliphatic carbocycles. The number of methoxy groups -OCH3 is 1. The van der Waals surface area contributed by atoms with E-state index in [1.54, 1.807) is 12.5 Å². The number of nitrogens with one attached hydrogen (secondary N) is 1. The van der Waals surface area contributed by atoms with E-state index in [9.17, 15) is 4.79 Å². The monoisotopic (exact) mass is 359 g/mol. The maximum absolute atomic E-state index is 12.3. The van der Waals surface area contributed by atoms with Crippen molar-refractivity contribution in [3.63, 3.8) is 0 Å². The Bertz CT molecular complexity index is 674. The van der Waals surface area contributed by atoms with Crippen molar-refractivity contribution < 1.29 is 9.53 Å². The Hall–Kier alpha value is -1.76. The molecule has 1 aliphatic heterocycles. The Balaban J connectivity index is 1.46. The highest BCUT2D eigenvalue weighted by Gasteiger charge is 2.21. The van der Waals surface area contributed by atoms with Crippen molar-refractivity contribution in [2.24, 2.45) is 5.92 Å². The molecule has 2 heterocycles. The maximum Gasteiger partial charge on any atom is 0.270 e. The highest BCUT2D eigenvalue weighted by molar-refractivity contribution is 7.09. The molecule has 1 aliphatic rings. The zero-order chi connectivity index (χ0) is 17.5. The van der Waals surface area contributed by atoms with Crippen molar-refractivity contribution >= 4 is 17.2 Å². The number of rotatable bonds is 7. The molecule has 1 aromatic heterocycles. The van der Waals surface area contributed by atoms with Crippen LogP contribution in [0.4, 0.5) is 0 Å². The number of hydrogen-bond donors (Lipinski definition) is 1. The molecule has 25 heavy (non-hydrogen) atoms. The molecular formula is C19H25N3O2S. The molecule has 1 atom stereocenters. The first-order valence-corrected chi connectivity index (χ1v) is 9.60. The normalized spacial score (nSPS) is 18.2. The van der Waals surface area contributed by atoms with Crippen molar-refractivity contribution in [1.29, 1.82) is 0 Å². The second kappa shape index (κ2) is 9.08. The summed E-state index contributed by atoms with van der Waals surface area (Å²) >= 11 is 1.46. The maximum atomic E-state index is 12.3. The van der Waals surface area contributed by atoms with E-state index in [1.165, 1.54) is 23.3 Å². The first kappa shape index (κ1) is 18.0. The number of carbonyl (C=O) groups is 1. The number of likely N-dealkylation sites (tertiary alicyclic amines) is 1. The summed E-state index contributed by atoms with van der Waals surface area (Å²) in [4.78, 5) is 19.0. The van der Waals surface area contributed by atoms with E-state index in [-0.39, 0.29) is 5.91 Å². The van der Waals surface area contributed by atoms with Gasteiger partial charge in [-0.1, -0.05) is 30.3 Å². The number of benzene rings is 1. The number of nitrogens with zero attached hydrogens (tertiary/aromatic N) is 2. The van der Waals surface area contributed by atoms with Crippen molar-refractivity contribution in [3.8, 4) is 0 Å². The molecule has 2 aromatic rings. The highest BCUT2D eigenvalue weighted by Crippen LogP contribution is 2.18. The molecule has 134 valence electrons. The molecule has 1 aromatic carbocycles. The Morgan fingerprint density at radius 1 is 1.40 bits per heavy atom. The molecule has 1 unspecified atom stereocenters. The van der Waals surface area contributed by atoms with Gasteiger partial charge in [0.1, 0.15) is 10.7 Å². The molecule has 1 saturated heterocycles. The van der Waals surface area contributed by atoms with Gasteiger partial charge >= 0.3 is 0 Å². The number of piperidine rings is 1. The third-order valence-electron chi connectivity index (χ3n) is 4.46. The average molecular weight is 359 g/mol. The minimum absolute atomic E-state index is 0.0845. The molecule has 0 saturated carbocycles. The standard InChI is InChI=1S/C19H25N3O2S/c1-24-13-18-21-17(14-25-18)19(23)20-10-16-8-5-9-22(12-16)11-15-6-3-2-4-7-15/h2-4,6-7,14,16H,5,8-13H2,1H3,(H,20,23). The molecule has 1 N–H and O–H groups in total. The fourth-order valence-corrected chi connectivity index (χ4v) is 3.98. The second-order valence-corrected chi connectivity index (χ2v) is 7.44. The van der Waals surface area contributed by atoms with Crippen LogP contribution in [0, 0.1) is 5.92 Å². The lowest BCUT2D eigenvalue weighted by molar-refractivity contribution is 0.0925. The van der Waals surface area contributed by atoms with Gasteiger partial charge in [0.2, 0.25) is 0 Å². The summed E-state index contributed by atoms with van der Waals surface area (Å²) in [6.07, 6.45) is 2.35. The van der Waals surface area contributed by atoms with Crippen LogP contribution in [0.15, 0.2) is 35.7 Å². The van der Waals surface area contributed by atoms with Gasteiger partial charge < -0.3 is 10.1 Å². The van der Waals surface area contributed by atoms with E-state index in [0.717, 1.165) is 31.1 Å². The Morgan fingerprint density at radius 3 is 3.04 bits per heavy atom. The molecule has 0 radical (unpaired) electrons.